The summed E-state index contributed by atoms with van der Waals surface area (Å²) in [6, 6.07) is 5.02. The Balaban J connectivity index is 1.76. The summed E-state index contributed by atoms with van der Waals surface area (Å²) in [5.41, 5.74) is 0.702. The minimum Gasteiger partial charge on any atom is -0.503 e. The second-order valence-corrected chi connectivity index (χ2v) is 6.74. The number of Topliss-reactive ketones (excluding diaryl/α,β-unsaturated/α-hetero) is 1. The number of carbonyl (C=O) groups is 2. The molecule has 0 spiro atoms. The zero-order valence-electron chi connectivity index (χ0n) is 14.8. The van der Waals surface area contributed by atoms with E-state index < -0.39 is 23.5 Å². The van der Waals surface area contributed by atoms with E-state index in [-0.39, 0.29) is 11.4 Å². The number of ether oxygens (including phenoxy) is 1. The fraction of sp³-hybridized carbons (Fsp3) is 0.474. The van der Waals surface area contributed by atoms with Crippen LogP contribution in [0.5, 0.6) is 0 Å². The number of morpholine rings is 1. The fourth-order valence-corrected chi connectivity index (χ4v) is 3.64. The van der Waals surface area contributed by atoms with Crippen molar-refractivity contribution in [3.63, 3.8) is 0 Å². The smallest absolute Gasteiger partial charge is 0.290 e. The first kappa shape index (κ1) is 18.5. The van der Waals surface area contributed by atoms with E-state index in [2.05, 4.69) is 0 Å². The molecule has 0 aromatic heterocycles. The Kier molecular flexibility index (Phi) is 5.68. The van der Waals surface area contributed by atoms with Crippen LogP contribution in [0.1, 0.15) is 24.9 Å². The van der Waals surface area contributed by atoms with Gasteiger partial charge in [0.05, 0.1) is 31.4 Å². The van der Waals surface area contributed by atoms with Crippen LogP contribution in [0.15, 0.2) is 35.6 Å². The molecule has 0 unspecified atom stereocenters. The summed E-state index contributed by atoms with van der Waals surface area (Å²) < 4.78 is 18.6. The minimum absolute atomic E-state index is 0.0836. The van der Waals surface area contributed by atoms with Crippen LogP contribution < -0.4 is 4.90 Å². The molecule has 1 aromatic rings. The van der Waals surface area contributed by atoms with Crippen LogP contribution in [0, 0.1) is 5.82 Å². The summed E-state index contributed by atoms with van der Waals surface area (Å²) in [5.74, 6) is -1.78. The number of rotatable bonds is 6. The second kappa shape index (κ2) is 7.97. The van der Waals surface area contributed by atoms with E-state index in [9.17, 15) is 19.1 Å². The van der Waals surface area contributed by atoms with Crippen molar-refractivity contribution in [2.45, 2.75) is 19.4 Å². The highest BCUT2D eigenvalue weighted by molar-refractivity contribution is 6.08. The van der Waals surface area contributed by atoms with E-state index in [4.69, 9.17) is 4.74 Å². The number of benzene rings is 1. The number of quaternary nitrogens is 1. The molecule has 0 radical (unpaired) electrons. The van der Waals surface area contributed by atoms with E-state index in [1.54, 1.807) is 12.1 Å². The van der Waals surface area contributed by atoms with Crippen molar-refractivity contribution < 1.29 is 28.7 Å². The maximum absolute atomic E-state index is 13.3. The van der Waals surface area contributed by atoms with Crippen molar-refractivity contribution in [3.8, 4) is 0 Å². The van der Waals surface area contributed by atoms with Crippen LogP contribution in [0.25, 0.3) is 0 Å². The van der Waals surface area contributed by atoms with E-state index in [1.807, 2.05) is 0 Å². The SMILES string of the molecule is CC(=O)C1=C(O)C(=O)N(CCC[NH+]2CCOCC2)[C@@H]1c1ccc(F)cc1. The molecule has 3 rings (SSSR count). The molecule has 0 saturated carbocycles. The topological polar surface area (TPSA) is 71.3 Å². The van der Waals surface area contributed by atoms with Gasteiger partial charge in [-0.1, -0.05) is 12.1 Å². The van der Waals surface area contributed by atoms with Crippen LogP contribution in [-0.4, -0.2) is 61.1 Å². The number of nitrogens with zero attached hydrogens (tertiary/aromatic N) is 1. The molecule has 7 heteroatoms. The minimum atomic E-state index is -0.666. The van der Waals surface area contributed by atoms with Gasteiger partial charge < -0.3 is 19.6 Å². The van der Waals surface area contributed by atoms with Gasteiger partial charge >= 0.3 is 0 Å². The number of halogens is 1. The first-order chi connectivity index (χ1) is 12.5. The maximum atomic E-state index is 13.3. The van der Waals surface area contributed by atoms with Gasteiger partial charge in [-0.2, -0.15) is 0 Å². The Morgan fingerprint density at radius 3 is 2.58 bits per heavy atom. The molecule has 1 amide bonds. The average Bonchev–Trinajstić information content (AvgIpc) is 2.88. The lowest BCUT2D eigenvalue weighted by atomic mass is 9.96. The number of carbonyl (C=O) groups excluding carboxylic acids is 2. The zero-order valence-corrected chi connectivity index (χ0v) is 14.8. The van der Waals surface area contributed by atoms with Crippen molar-refractivity contribution in [1.82, 2.24) is 4.90 Å². The first-order valence-corrected chi connectivity index (χ1v) is 8.91. The van der Waals surface area contributed by atoms with E-state index in [1.165, 1.54) is 28.9 Å². The van der Waals surface area contributed by atoms with Crippen LogP contribution in [0.2, 0.25) is 0 Å². The highest BCUT2D eigenvalue weighted by atomic mass is 19.1. The predicted molar refractivity (Wildman–Crippen MR) is 92.2 cm³/mol. The van der Waals surface area contributed by atoms with Gasteiger partial charge in [-0.05, 0) is 24.6 Å². The third kappa shape index (κ3) is 3.78. The van der Waals surface area contributed by atoms with Crippen LogP contribution in [0.4, 0.5) is 4.39 Å². The normalized spacial score (nSPS) is 21.5. The van der Waals surface area contributed by atoms with Crippen molar-refractivity contribution in [3.05, 3.63) is 47.0 Å². The molecule has 1 aromatic carbocycles. The van der Waals surface area contributed by atoms with E-state index in [0.717, 1.165) is 39.3 Å². The van der Waals surface area contributed by atoms with E-state index in [0.29, 0.717) is 12.1 Å². The van der Waals surface area contributed by atoms with Crippen LogP contribution >= 0.6 is 0 Å². The lowest BCUT2D eigenvalue weighted by Gasteiger charge is -2.28. The van der Waals surface area contributed by atoms with Gasteiger partial charge in [-0.25, -0.2) is 4.39 Å². The summed E-state index contributed by atoms with van der Waals surface area (Å²) in [4.78, 5) is 27.5. The standard InChI is InChI=1S/C19H23FN2O4/c1-13(23)16-17(14-3-5-15(20)6-4-14)22(19(25)18(16)24)8-2-7-21-9-11-26-12-10-21/h3-6,17,24H,2,7-12H2,1H3/p+1/t17-/m1/s1. The van der Waals surface area contributed by atoms with Gasteiger partial charge in [0.15, 0.2) is 11.5 Å². The van der Waals surface area contributed by atoms with Gasteiger partial charge in [-0.3, -0.25) is 9.59 Å². The van der Waals surface area contributed by atoms with Gasteiger partial charge in [0.2, 0.25) is 0 Å². The van der Waals surface area contributed by atoms with Gasteiger partial charge in [0.1, 0.15) is 18.9 Å². The van der Waals surface area contributed by atoms with Crippen molar-refractivity contribution in [1.29, 1.82) is 0 Å². The average molecular weight is 363 g/mol. The lowest BCUT2D eigenvalue weighted by Crippen LogP contribution is -3.14. The van der Waals surface area contributed by atoms with Gasteiger partial charge in [0.25, 0.3) is 5.91 Å². The highest BCUT2D eigenvalue weighted by Gasteiger charge is 2.42. The third-order valence-corrected chi connectivity index (χ3v) is 5.00. The molecule has 1 fully saturated rings. The Bertz CT molecular complexity index is 711. The molecular formula is C19H24FN2O4+. The molecule has 26 heavy (non-hydrogen) atoms. The molecule has 1 saturated heterocycles. The molecule has 140 valence electrons. The zero-order chi connectivity index (χ0) is 18.7. The van der Waals surface area contributed by atoms with Crippen LogP contribution in [0.3, 0.4) is 0 Å². The van der Waals surface area contributed by atoms with Gasteiger partial charge in [-0.15, -0.1) is 0 Å². The Morgan fingerprint density at radius 1 is 1.31 bits per heavy atom. The van der Waals surface area contributed by atoms with Crippen molar-refractivity contribution in [2.75, 3.05) is 39.4 Å². The van der Waals surface area contributed by atoms with Crippen LogP contribution in [-0.2, 0) is 14.3 Å². The number of hydrogen-bond acceptors (Lipinski definition) is 4. The summed E-state index contributed by atoms with van der Waals surface area (Å²) in [6.07, 6.45) is 0.747. The maximum Gasteiger partial charge on any atom is 0.290 e. The fourth-order valence-electron chi connectivity index (χ4n) is 3.64. The van der Waals surface area contributed by atoms with Gasteiger partial charge in [0, 0.05) is 13.0 Å². The number of amides is 1. The molecule has 2 heterocycles. The molecule has 6 nitrogen and oxygen atoms in total. The van der Waals surface area contributed by atoms with Crippen molar-refractivity contribution in [2.24, 2.45) is 0 Å². The third-order valence-electron chi connectivity index (χ3n) is 5.00. The van der Waals surface area contributed by atoms with E-state index >= 15 is 0 Å². The molecule has 0 aliphatic carbocycles. The van der Waals surface area contributed by atoms with Crippen molar-refractivity contribution >= 4 is 11.7 Å². The number of aliphatic hydroxyl groups is 1. The number of ketones is 1. The Hall–Kier alpha value is -2.25. The molecule has 2 N–H and O–H groups in total. The largest absolute Gasteiger partial charge is 0.503 e. The number of nitrogens with one attached hydrogen (secondary N) is 1. The molecule has 1 atom stereocenters. The predicted octanol–water partition coefficient (Wildman–Crippen LogP) is 0.415. The summed E-state index contributed by atoms with van der Waals surface area (Å²) >= 11 is 0. The summed E-state index contributed by atoms with van der Waals surface area (Å²) in [6.45, 7) is 6.01. The molecule has 2 aliphatic rings. The molecule has 2 aliphatic heterocycles. The number of aliphatic hydroxyl groups excluding tert-OH is 1. The lowest BCUT2D eigenvalue weighted by molar-refractivity contribution is -0.908. The molecule has 0 bridgehead atoms. The number of hydrogen-bond donors (Lipinski definition) is 2. The second-order valence-electron chi connectivity index (χ2n) is 6.74. The first-order valence-electron chi connectivity index (χ1n) is 8.91. The summed E-state index contributed by atoms with van der Waals surface area (Å²) in [5, 5.41) is 10.2. The monoisotopic (exact) mass is 363 g/mol. The molecular weight excluding hydrogens is 339 g/mol. The Labute approximate surface area is 151 Å². The highest BCUT2D eigenvalue weighted by Crippen LogP contribution is 2.37. The quantitative estimate of drug-likeness (QED) is 0.768. The summed E-state index contributed by atoms with van der Waals surface area (Å²) in [7, 11) is 0. The Morgan fingerprint density at radius 2 is 1.96 bits per heavy atom.